The fourth-order valence-electron chi connectivity index (χ4n) is 4.09. The van der Waals surface area contributed by atoms with Crippen LogP contribution in [-0.4, -0.2) is 36.0 Å². The molecule has 1 fully saturated rings. The molecule has 0 bridgehead atoms. The van der Waals surface area contributed by atoms with Gasteiger partial charge in [0, 0.05) is 35.9 Å². The Hall–Kier alpha value is -3.35. The molecule has 7 heteroatoms. The summed E-state index contributed by atoms with van der Waals surface area (Å²) in [4.78, 5) is 19.4. The normalized spacial score (nSPS) is 14.6. The van der Waals surface area contributed by atoms with Crippen LogP contribution in [0.5, 0.6) is 5.75 Å². The van der Waals surface area contributed by atoms with Crippen LogP contribution in [0.4, 0.5) is 15.9 Å². The van der Waals surface area contributed by atoms with Crippen LogP contribution in [0.15, 0.2) is 42.6 Å². The molecule has 0 saturated carbocycles. The minimum Gasteiger partial charge on any atom is -0.494 e. The lowest BCUT2D eigenvalue weighted by atomic mass is 9.99. The van der Waals surface area contributed by atoms with Gasteiger partial charge < -0.3 is 20.7 Å². The molecule has 0 radical (unpaired) electrons. The standard InChI is InChI=1S/C24H27FN4O2/c1-3-15-12-19(21(25)20(13-15)31-2)22(24(30)29-10-4-5-11-29)28-17-6-7-18-16(14-17)8-9-27-23(18)26/h6-9,12-14,22,28H,3-5,10-11H2,1-2H3,(H2,26,27)/t22-/m1/s1. The van der Waals surface area contributed by atoms with Crippen molar-refractivity contribution in [1.82, 2.24) is 9.88 Å². The van der Waals surface area contributed by atoms with E-state index in [1.165, 1.54) is 7.11 Å². The number of carbonyl (C=O) groups excluding carboxylic acids is 1. The third-order valence-electron chi connectivity index (χ3n) is 5.84. The van der Waals surface area contributed by atoms with Gasteiger partial charge in [-0.3, -0.25) is 4.79 Å². The van der Waals surface area contributed by atoms with Gasteiger partial charge in [-0.15, -0.1) is 0 Å². The van der Waals surface area contributed by atoms with Crippen molar-refractivity contribution in [1.29, 1.82) is 0 Å². The second-order valence-electron chi connectivity index (χ2n) is 7.80. The smallest absolute Gasteiger partial charge is 0.249 e. The first-order valence-corrected chi connectivity index (χ1v) is 10.6. The first-order valence-electron chi connectivity index (χ1n) is 10.6. The number of aryl methyl sites for hydroxylation is 1. The van der Waals surface area contributed by atoms with Gasteiger partial charge in [0.1, 0.15) is 11.9 Å². The fourth-order valence-corrected chi connectivity index (χ4v) is 4.09. The summed E-state index contributed by atoms with van der Waals surface area (Å²) in [5, 5.41) is 5.00. The Morgan fingerprint density at radius 1 is 1.26 bits per heavy atom. The highest BCUT2D eigenvalue weighted by Gasteiger charge is 2.31. The summed E-state index contributed by atoms with van der Waals surface area (Å²) in [6.45, 7) is 3.36. The molecule has 2 heterocycles. The van der Waals surface area contributed by atoms with Gasteiger partial charge in [-0.1, -0.05) is 13.0 Å². The number of anilines is 2. The maximum atomic E-state index is 15.3. The largest absolute Gasteiger partial charge is 0.494 e. The number of amides is 1. The topological polar surface area (TPSA) is 80.5 Å². The number of aromatic nitrogens is 1. The number of benzene rings is 2. The second kappa shape index (κ2) is 8.79. The number of hydrogen-bond acceptors (Lipinski definition) is 5. The maximum absolute atomic E-state index is 15.3. The van der Waals surface area contributed by atoms with Gasteiger partial charge in [0.15, 0.2) is 11.6 Å². The maximum Gasteiger partial charge on any atom is 0.249 e. The molecule has 1 aliphatic heterocycles. The van der Waals surface area contributed by atoms with Crippen molar-refractivity contribution in [2.24, 2.45) is 0 Å². The monoisotopic (exact) mass is 422 g/mol. The molecule has 1 saturated heterocycles. The zero-order chi connectivity index (χ0) is 22.0. The fraction of sp³-hybridized carbons (Fsp3) is 0.333. The zero-order valence-corrected chi connectivity index (χ0v) is 17.8. The van der Waals surface area contributed by atoms with Crippen molar-refractivity contribution >= 4 is 28.2 Å². The van der Waals surface area contributed by atoms with E-state index in [0.717, 1.165) is 29.2 Å². The molecule has 0 spiro atoms. The Morgan fingerprint density at radius 3 is 2.74 bits per heavy atom. The van der Waals surface area contributed by atoms with Crippen LogP contribution in [0.25, 0.3) is 10.8 Å². The van der Waals surface area contributed by atoms with Crippen LogP contribution >= 0.6 is 0 Å². The van der Waals surface area contributed by atoms with Crippen molar-refractivity contribution in [2.45, 2.75) is 32.2 Å². The van der Waals surface area contributed by atoms with E-state index in [1.807, 2.05) is 31.2 Å². The van der Waals surface area contributed by atoms with Gasteiger partial charge in [-0.2, -0.15) is 0 Å². The van der Waals surface area contributed by atoms with E-state index < -0.39 is 11.9 Å². The molecule has 31 heavy (non-hydrogen) atoms. The average Bonchev–Trinajstić information content (AvgIpc) is 3.32. The lowest BCUT2D eigenvalue weighted by Crippen LogP contribution is -2.36. The second-order valence-corrected chi connectivity index (χ2v) is 7.80. The molecule has 162 valence electrons. The minimum atomic E-state index is -0.866. The van der Waals surface area contributed by atoms with Crippen molar-refractivity contribution < 1.29 is 13.9 Å². The molecule has 4 rings (SSSR count). The van der Waals surface area contributed by atoms with Gasteiger partial charge in [0.05, 0.1) is 7.11 Å². The number of nitrogens with zero attached hydrogens (tertiary/aromatic N) is 2. The first-order chi connectivity index (χ1) is 15.0. The summed E-state index contributed by atoms with van der Waals surface area (Å²) in [6, 6.07) is 10.0. The molecule has 1 aromatic heterocycles. The number of hydrogen-bond donors (Lipinski definition) is 2. The molecular weight excluding hydrogens is 395 g/mol. The number of rotatable bonds is 6. The van der Waals surface area contributed by atoms with Gasteiger partial charge >= 0.3 is 0 Å². The van der Waals surface area contributed by atoms with Gasteiger partial charge in [-0.25, -0.2) is 9.37 Å². The number of pyridine rings is 1. The Labute approximate surface area is 181 Å². The number of nitrogens with one attached hydrogen (secondary N) is 1. The molecule has 1 atom stereocenters. The molecule has 1 aliphatic rings. The van der Waals surface area contributed by atoms with Crippen LogP contribution in [0.2, 0.25) is 0 Å². The summed E-state index contributed by atoms with van der Waals surface area (Å²) in [5.41, 5.74) is 7.86. The lowest BCUT2D eigenvalue weighted by Gasteiger charge is -2.26. The number of fused-ring (bicyclic) bond motifs is 1. The highest BCUT2D eigenvalue weighted by molar-refractivity contribution is 5.94. The first kappa shape index (κ1) is 20.9. The summed E-state index contributed by atoms with van der Waals surface area (Å²) in [7, 11) is 1.44. The number of halogens is 1. The van der Waals surface area contributed by atoms with Gasteiger partial charge in [-0.05, 0) is 60.5 Å². The number of nitrogen functional groups attached to an aromatic ring is 1. The number of ether oxygens (including phenoxy) is 1. The lowest BCUT2D eigenvalue weighted by molar-refractivity contribution is -0.131. The molecule has 0 aliphatic carbocycles. The van der Waals surface area contributed by atoms with Crippen molar-refractivity contribution in [3.8, 4) is 5.75 Å². The highest BCUT2D eigenvalue weighted by Crippen LogP contribution is 2.33. The van der Waals surface area contributed by atoms with Crippen molar-refractivity contribution in [3.63, 3.8) is 0 Å². The number of methoxy groups -OCH3 is 1. The van der Waals surface area contributed by atoms with Crippen LogP contribution in [0, 0.1) is 5.82 Å². The molecule has 3 N–H and O–H groups in total. The molecule has 2 aromatic carbocycles. The van der Waals surface area contributed by atoms with Crippen molar-refractivity contribution in [3.05, 3.63) is 59.5 Å². The Bertz CT molecular complexity index is 1110. The predicted octanol–water partition coefficient (Wildman–Crippen LogP) is 4.30. The number of nitrogens with two attached hydrogens (primary N) is 1. The van der Waals surface area contributed by atoms with Crippen molar-refractivity contribution in [2.75, 3.05) is 31.2 Å². The summed E-state index contributed by atoms with van der Waals surface area (Å²) < 4.78 is 20.6. The molecule has 0 unspecified atom stereocenters. The average molecular weight is 423 g/mol. The van der Waals surface area contributed by atoms with Gasteiger partial charge in [0.25, 0.3) is 0 Å². The van der Waals surface area contributed by atoms with E-state index in [4.69, 9.17) is 10.5 Å². The van der Waals surface area contributed by atoms with Crippen LogP contribution in [0.3, 0.4) is 0 Å². The SMILES string of the molecule is CCc1cc(OC)c(F)c([C@@H](Nc2ccc3c(N)nccc3c2)C(=O)N2CCCC2)c1. The Kier molecular flexibility index (Phi) is 5.93. The van der Waals surface area contributed by atoms with E-state index >= 15 is 4.39 Å². The van der Waals surface area contributed by atoms with Crippen LogP contribution < -0.4 is 15.8 Å². The molecule has 3 aromatic rings. The number of likely N-dealkylation sites (tertiary alicyclic amines) is 1. The van der Waals surface area contributed by atoms with E-state index in [1.54, 1.807) is 23.2 Å². The molecule has 1 amide bonds. The Morgan fingerprint density at radius 2 is 2.03 bits per heavy atom. The predicted molar refractivity (Wildman–Crippen MR) is 121 cm³/mol. The third-order valence-corrected chi connectivity index (χ3v) is 5.84. The van der Waals surface area contributed by atoms with Crippen LogP contribution in [0.1, 0.15) is 36.9 Å². The van der Waals surface area contributed by atoms with Gasteiger partial charge in [0.2, 0.25) is 5.91 Å². The van der Waals surface area contributed by atoms with E-state index in [-0.39, 0.29) is 11.7 Å². The third kappa shape index (κ3) is 4.13. The Balaban J connectivity index is 1.78. The number of carbonyl (C=O) groups is 1. The van der Waals surface area contributed by atoms with Crippen LogP contribution in [-0.2, 0) is 11.2 Å². The summed E-state index contributed by atoms with van der Waals surface area (Å²) in [5.74, 6) is -0.0621. The minimum absolute atomic E-state index is 0.138. The summed E-state index contributed by atoms with van der Waals surface area (Å²) in [6.07, 6.45) is 4.27. The summed E-state index contributed by atoms with van der Waals surface area (Å²) >= 11 is 0. The van der Waals surface area contributed by atoms with E-state index in [2.05, 4.69) is 10.3 Å². The molecule has 6 nitrogen and oxygen atoms in total. The quantitative estimate of drug-likeness (QED) is 0.619. The highest BCUT2D eigenvalue weighted by atomic mass is 19.1. The molecular formula is C24H27FN4O2. The zero-order valence-electron chi connectivity index (χ0n) is 17.8. The van der Waals surface area contributed by atoms with E-state index in [9.17, 15) is 4.79 Å². The van der Waals surface area contributed by atoms with E-state index in [0.29, 0.717) is 36.6 Å².